The highest BCUT2D eigenvalue weighted by Crippen LogP contribution is 2.29. The van der Waals surface area contributed by atoms with Crippen LogP contribution in [0.15, 0.2) is 16.3 Å². The third kappa shape index (κ3) is 4.20. The van der Waals surface area contributed by atoms with Crippen molar-refractivity contribution in [2.45, 2.75) is 49.3 Å². The lowest BCUT2D eigenvalue weighted by Crippen LogP contribution is -2.35. The van der Waals surface area contributed by atoms with Crippen molar-refractivity contribution in [1.82, 2.24) is 4.90 Å². The number of amides is 1. The molecule has 1 aliphatic rings. The first kappa shape index (κ1) is 15.8. The van der Waals surface area contributed by atoms with E-state index in [1.54, 1.807) is 6.07 Å². The van der Waals surface area contributed by atoms with E-state index in [1.165, 1.54) is 6.07 Å². The molecule has 2 rings (SSSR count). The Labute approximate surface area is 128 Å². The van der Waals surface area contributed by atoms with E-state index in [0.29, 0.717) is 6.04 Å². The van der Waals surface area contributed by atoms with Crippen molar-refractivity contribution in [3.8, 4) is 0 Å². The summed E-state index contributed by atoms with van der Waals surface area (Å²) in [6.45, 7) is 2.90. The molecule has 1 fully saturated rings. The van der Waals surface area contributed by atoms with Gasteiger partial charge in [-0.3, -0.25) is 4.79 Å². The number of rotatable bonds is 7. The molecular formula is C13H18ClNO3S2. The normalized spacial score (nSPS) is 15.3. The predicted molar refractivity (Wildman–Crippen MR) is 80.7 cm³/mol. The summed E-state index contributed by atoms with van der Waals surface area (Å²) in [6, 6.07) is 3.52. The van der Waals surface area contributed by atoms with Crippen molar-refractivity contribution in [2.24, 2.45) is 0 Å². The molecule has 1 saturated carbocycles. The van der Waals surface area contributed by atoms with Crippen molar-refractivity contribution >= 4 is 37.0 Å². The zero-order valence-electron chi connectivity index (χ0n) is 11.3. The molecule has 1 amide bonds. The molecule has 112 valence electrons. The van der Waals surface area contributed by atoms with E-state index in [4.69, 9.17) is 10.7 Å². The van der Waals surface area contributed by atoms with E-state index in [0.717, 1.165) is 48.4 Å². The van der Waals surface area contributed by atoms with Crippen molar-refractivity contribution in [1.29, 1.82) is 0 Å². The maximum atomic E-state index is 12.3. The molecule has 0 N–H and O–H groups in total. The SMILES string of the molecule is CCCCN(C(=O)Cc1ccc(S(=O)(=O)Cl)s1)C1CC1. The summed E-state index contributed by atoms with van der Waals surface area (Å²) >= 11 is 1.07. The van der Waals surface area contributed by atoms with Crippen LogP contribution in [-0.4, -0.2) is 31.8 Å². The molecule has 0 aliphatic heterocycles. The summed E-state index contributed by atoms with van der Waals surface area (Å²) < 4.78 is 22.5. The summed E-state index contributed by atoms with van der Waals surface area (Å²) in [7, 11) is 1.60. The van der Waals surface area contributed by atoms with Gasteiger partial charge in [-0.05, 0) is 31.4 Å². The summed E-state index contributed by atoms with van der Waals surface area (Å²) in [5.74, 6) is 0.0846. The van der Waals surface area contributed by atoms with Crippen LogP contribution in [0.3, 0.4) is 0 Å². The van der Waals surface area contributed by atoms with Crippen LogP contribution in [0.1, 0.15) is 37.5 Å². The van der Waals surface area contributed by atoms with Gasteiger partial charge in [0.05, 0.1) is 6.42 Å². The van der Waals surface area contributed by atoms with Gasteiger partial charge in [-0.1, -0.05) is 13.3 Å². The van der Waals surface area contributed by atoms with Gasteiger partial charge in [-0.2, -0.15) is 0 Å². The predicted octanol–water partition coefficient (Wildman–Crippen LogP) is 3.01. The Morgan fingerprint density at radius 3 is 2.65 bits per heavy atom. The molecular weight excluding hydrogens is 318 g/mol. The van der Waals surface area contributed by atoms with Gasteiger partial charge in [-0.15, -0.1) is 11.3 Å². The number of carbonyl (C=O) groups excluding carboxylic acids is 1. The highest BCUT2D eigenvalue weighted by atomic mass is 35.7. The molecule has 0 atom stereocenters. The van der Waals surface area contributed by atoms with Gasteiger partial charge in [0.25, 0.3) is 9.05 Å². The monoisotopic (exact) mass is 335 g/mol. The van der Waals surface area contributed by atoms with Crippen LogP contribution in [0, 0.1) is 0 Å². The topological polar surface area (TPSA) is 54.5 Å². The molecule has 1 aromatic rings. The number of nitrogens with zero attached hydrogens (tertiary/aromatic N) is 1. The smallest absolute Gasteiger partial charge is 0.270 e. The van der Waals surface area contributed by atoms with Crippen molar-refractivity contribution in [2.75, 3.05) is 6.54 Å². The molecule has 0 bridgehead atoms. The Bertz CT molecular complexity index is 578. The first-order chi connectivity index (χ1) is 9.41. The van der Waals surface area contributed by atoms with E-state index in [1.807, 2.05) is 4.90 Å². The molecule has 0 spiro atoms. The minimum atomic E-state index is -3.69. The Morgan fingerprint density at radius 2 is 2.15 bits per heavy atom. The van der Waals surface area contributed by atoms with E-state index < -0.39 is 9.05 Å². The van der Waals surface area contributed by atoms with Crippen molar-refractivity contribution < 1.29 is 13.2 Å². The van der Waals surface area contributed by atoms with E-state index >= 15 is 0 Å². The van der Waals surface area contributed by atoms with Crippen molar-refractivity contribution in [3.63, 3.8) is 0 Å². The number of unbranched alkanes of at least 4 members (excludes halogenated alkanes) is 1. The summed E-state index contributed by atoms with van der Waals surface area (Å²) in [6.07, 6.45) is 4.50. The number of carbonyl (C=O) groups is 1. The third-order valence-electron chi connectivity index (χ3n) is 3.26. The first-order valence-electron chi connectivity index (χ1n) is 6.74. The average molecular weight is 336 g/mol. The zero-order chi connectivity index (χ0) is 14.8. The van der Waals surface area contributed by atoms with Crippen LogP contribution in [-0.2, 0) is 20.3 Å². The molecule has 4 nitrogen and oxygen atoms in total. The molecule has 7 heteroatoms. The standard InChI is InChI=1S/C13H18ClNO3S2/c1-2-3-8-15(10-4-5-10)12(16)9-11-6-7-13(19-11)20(14,17)18/h6-7,10H,2-5,8-9H2,1H3. The second-order valence-electron chi connectivity index (χ2n) is 5.01. The van der Waals surface area contributed by atoms with Crippen LogP contribution in [0.25, 0.3) is 0 Å². The second kappa shape index (κ2) is 6.45. The number of halogens is 1. The Balaban J connectivity index is 2.00. The fourth-order valence-corrected chi connectivity index (χ4v) is 4.17. The summed E-state index contributed by atoms with van der Waals surface area (Å²) in [5.41, 5.74) is 0. The number of thiophene rings is 1. The zero-order valence-corrected chi connectivity index (χ0v) is 13.7. The van der Waals surface area contributed by atoms with Crippen molar-refractivity contribution in [3.05, 3.63) is 17.0 Å². The quantitative estimate of drug-likeness (QED) is 0.720. The molecule has 1 heterocycles. The van der Waals surface area contributed by atoms with Crippen LogP contribution < -0.4 is 0 Å². The van der Waals surface area contributed by atoms with Crippen LogP contribution >= 0.6 is 22.0 Å². The van der Waals surface area contributed by atoms with Gasteiger partial charge in [0.2, 0.25) is 5.91 Å². The average Bonchev–Trinajstić information content (AvgIpc) is 3.07. The molecule has 0 radical (unpaired) electrons. The molecule has 0 saturated heterocycles. The van der Waals surface area contributed by atoms with Gasteiger partial charge in [-0.25, -0.2) is 8.42 Å². The van der Waals surface area contributed by atoms with Crippen LogP contribution in [0.2, 0.25) is 0 Å². The van der Waals surface area contributed by atoms with Gasteiger partial charge < -0.3 is 4.90 Å². The van der Waals surface area contributed by atoms with Gasteiger partial charge >= 0.3 is 0 Å². The number of hydrogen-bond donors (Lipinski definition) is 0. The minimum absolute atomic E-state index is 0.0846. The molecule has 20 heavy (non-hydrogen) atoms. The Hall–Kier alpha value is -0.590. The van der Waals surface area contributed by atoms with E-state index in [-0.39, 0.29) is 16.5 Å². The fourth-order valence-electron chi connectivity index (χ4n) is 2.06. The Kier molecular flexibility index (Phi) is 5.09. The highest BCUT2D eigenvalue weighted by Gasteiger charge is 2.32. The maximum absolute atomic E-state index is 12.3. The molecule has 0 aromatic carbocycles. The highest BCUT2D eigenvalue weighted by molar-refractivity contribution is 8.15. The summed E-state index contributed by atoms with van der Waals surface area (Å²) in [4.78, 5) is 15.0. The van der Waals surface area contributed by atoms with Gasteiger partial charge in [0.15, 0.2) is 0 Å². The van der Waals surface area contributed by atoms with Gasteiger partial charge in [0.1, 0.15) is 4.21 Å². The fraction of sp³-hybridized carbons (Fsp3) is 0.615. The largest absolute Gasteiger partial charge is 0.339 e. The van der Waals surface area contributed by atoms with Gasteiger partial charge in [0, 0.05) is 28.1 Å². The second-order valence-corrected chi connectivity index (χ2v) is 8.97. The van der Waals surface area contributed by atoms with Crippen LogP contribution in [0.4, 0.5) is 0 Å². The lowest BCUT2D eigenvalue weighted by molar-refractivity contribution is -0.131. The van der Waals surface area contributed by atoms with Crippen LogP contribution in [0.5, 0.6) is 0 Å². The molecule has 0 unspecified atom stereocenters. The minimum Gasteiger partial charge on any atom is -0.339 e. The third-order valence-corrected chi connectivity index (χ3v) is 6.44. The first-order valence-corrected chi connectivity index (χ1v) is 9.87. The van der Waals surface area contributed by atoms with E-state index in [9.17, 15) is 13.2 Å². The lowest BCUT2D eigenvalue weighted by Gasteiger charge is -2.21. The maximum Gasteiger partial charge on any atom is 0.270 e. The number of hydrogen-bond acceptors (Lipinski definition) is 4. The Morgan fingerprint density at radius 1 is 1.45 bits per heavy atom. The lowest BCUT2D eigenvalue weighted by atomic mass is 10.2. The van der Waals surface area contributed by atoms with E-state index in [2.05, 4.69) is 6.92 Å². The summed E-state index contributed by atoms with van der Waals surface area (Å²) in [5, 5.41) is 0. The molecule has 1 aromatic heterocycles. The molecule has 1 aliphatic carbocycles.